The van der Waals surface area contributed by atoms with Gasteiger partial charge in [0.1, 0.15) is 5.82 Å². The molecule has 1 fully saturated rings. The van der Waals surface area contributed by atoms with E-state index in [1.807, 2.05) is 7.05 Å². The number of guanidine groups is 1. The zero-order valence-electron chi connectivity index (χ0n) is 14.6. The minimum absolute atomic E-state index is 0. The molecule has 0 saturated carbocycles. The smallest absolute Gasteiger partial charge is 0.254 e. The second-order valence-electron chi connectivity index (χ2n) is 5.82. The summed E-state index contributed by atoms with van der Waals surface area (Å²) in [7, 11) is 3.70. The predicted molar refractivity (Wildman–Crippen MR) is 107 cm³/mol. The molecular weight excluding hydrogens is 438 g/mol. The van der Waals surface area contributed by atoms with E-state index in [1.165, 1.54) is 12.1 Å². The van der Waals surface area contributed by atoms with Crippen LogP contribution in [0.5, 0.6) is 0 Å². The molecule has 0 spiro atoms. The van der Waals surface area contributed by atoms with Crippen LogP contribution in [0.15, 0.2) is 29.3 Å². The van der Waals surface area contributed by atoms with Gasteiger partial charge in [0.05, 0.1) is 12.2 Å². The Balaban J connectivity index is 0.00000312. The number of benzene rings is 1. The Labute approximate surface area is 165 Å². The molecule has 1 heterocycles. The lowest BCUT2D eigenvalue weighted by Gasteiger charge is -2.24. The summed E-state index contributed by atoms with van der Waals surface area (Å²) in [4.78, 5) is 18.2. The Morgan fingerprint density at radius 3 is 2.72 bits per heavy atom. The van der Waals surface area contributed by atoms with Crippen LogP contribution in [-0.2, 0) is 4.74 Å². The summed E-state index contributed by atoms with van der Waals surface area (Å²) in [5.74, 6) is 0.356. The highest BCUT2D eigenvalue weighted by Crippen LogP contribution is 2.13. The van der Waals surface area contributed by atoms with Crippen LogP contribution in [0.2, 0.25) is 0 Å². The van der Waals surface area contributed by atoms with Gasteiger partial charge < -0.3 is 20.3 Å². The van der Waals surface area contributed by atoms with Crippen molar-refractivity contribution in [2.75, 3.05) is 46.9 Å². The van der Waals surface area contributed by atoms with E-state index in [9.17, 15) is 9.18 Å². The highest BCUT2D eigenvalue weighted by Gasteiger charge is 2.19. The fraction of sp³-hybridized carbons (Fsp3) is 0.529. The molecule has 2 N–H and O–H groups in total. The first kappa shape index (κ1) is 21.6. The number of aliphatic imine (C=N–C) groups is 1. The quantitative estimate of drug-likeness (QED) is 0.291. The lowest BCUT2D eigenvalue weighted by Crippen LogP contribution is -2.44. The monoisotopic (exact) mass is 464 g/mol. The van der Waals surface area contributed by atoms with Crippen molar-refractivity contribution in [2.45, 2.75) is 6.42 Å². The van der Waals surface area contributed by atoms with E-state index in [2.05, 4.69) is 20.5 Å². The summed E-state index contributed by atoms with van der Waals surface area (Å²) < 4.78 is 18.9. The number of nitrogens with zero attached hydrogens (tertiary/aromatic N) is 2. The third-order valence-corrected chi connectivity index (χ3v) is 3.94. The number of carbonyl (C=O) groups excluding carboxylic acids is 1. The van der Waals surface area contributed by atoms with E-state index >= 15 is 0 Å². The van der Waals surface area contributed by atoms with Gasteiger partial charge in [0.15, 0.2) is 5.96 Å². The predicted octanol–water partition coefficient (Wildman–Crippen LogP) is 1.72. The van der Waals surface area contributed by atoms with Crippen molar-refractivity contribution in [2.24, 2.45) is 10.9 Å². The van der Waals surface area contributed by atoms with E-state index in [4.69, 9.17) is 4.74 Å². The van der Waals surface area contributed by atoms with Crippen molar-refractivity contribution in [3.63, 3.8) is 0 Å². The van der Waals surface area contributed by atoms with Crippen LogP contribution in [0, 0.1) is 11.7 Å². The standard InChI is InChI=1S/C17H25FN4O2.HI/c1-19-17(22(2)11-13-7-10-24-12-13)21-9-8-20-16(23)14-5-3-4-6-15(14)18;/h3-6,13H,7-12H2,1-2H3,(H,19,21)(H,20,23);1H. The molecule has 140 valence electrons. The summed E-state index contributed by atoms with van der Waals surface area (Å²) >= 11 is 0. The van der Waals surface area contributed by atoms with Gasteiger partial charge in [0, 0.05) is 46.3 Å². The Kier molecular flexibility index (Phi) is 9.73. The van der Waals surface area contributed by atoms with Gasteiger partial charge in [-0.2, -0.15) is 0 Å². The number of hydrogen-bond acceptors (Lipinski definition) is 3. The van der Waals surface area contributed by atoms with E-state index in [0.717, 1.165) is 32.1 Å². The number of carbonyl (C=O) groups is 1. The summed E-state index contributed by atoms with van der Waals surface area (Å²) in [5, 5.41) is 5.89. The molecule has 1 aliphatic rings. The van der Waals surface area contributed by atoms with Crippen LogP contribution in [0.1, 0.15) is 16.8 Å². The van der Waals surface area contributed by atoms with E-state index in [-0.39, 0.29) is 29.5 Å². The molecule has 1 unspecified atom stereocenters. The molecule has 6 nitrogen and oxygen atoms in total. The average Bonchev–Trinajstić information content (AvgIpc) is 3.08. The molecule has 25 heavy (non-hydrogen) atoms. The van der Waals surface area contributed by atoms with Gasteiger partial charge in [-0.05, 0) is 18.6 Å². The molecule has 1 atom stereocenters. The summed E-state index contributed by atoms with van der Waals surface area (Å²) in [6.07, 6.45) is 1.07. The number of ether oxygens (including phenoxy) is 1. The average molecular weight is 464 g/mol. The fourth-order valence-electron chi connectivity index (χ4n) is 2.68. The Morgan fingerprint density at radius 1 is 1.36 bits per heavy atom. The van der Waals surface area contributed by atoms with Crippen LogP contribution < -0.4 is 10.6 Å². The van der Waals surface area contributed by atoms with E-state index in [1.54, 1.807) is 19.2 Å². The molecule has 1 saturated heterocycles. The number of nitrogens with one attached hydrogen (secondary N) is 2. The largest absolute Gasteiger partial charge is 0.381 e. The van der Waals surface area contributed by atoms with Crippen molar-refractivity contribution < 1.29 is 13.9 Å². The first-order valence-electron chi connectivity index (χ1n) is 8.14. The minimum atomic E-state index is -0.516. The molecule has 8 heteroatoms. The normalized spacial score (nSPS) is 16.9. The molecule has 0 aromatic heterocycles. The van der Waals surface area contributed by atoms with Crippen LogP contribution in [0.25, 0.3) is 0 Å². The maximum atomic E-state index is 13.5. The number of hydrogen-bond donors (Lipinski definition) is 2. The zero-order chi connectivity index (χ0) is 17.4. The summed E-state index contributed by atoms with van der Waals surface area (Å²) in [6, 6.07) is 5.94. The first-order valence-corrected chi connectivity index (χ1v) is 8.14. The topological polar surface area (TPSA) is 66.0 Å². The maximum absolute atomic E-state index is 13.5. The van der Waals surface area contributed by atoms with Crippen LogP contribution in [0.3, 0.4) is 0 Å². The van der Waals surface area contributed by atoms with Gasteiger partial charge in [-0.3, -0.25) is 9.79 Å². The van der Waals surface area contributed by atoms with Crippen molar-refractivity contribution in [3.8, 4) is 0 Å². The van der Waals surface area contributed by atoms with Gasteiger partial charge in [0.2, 0.25) is 0 Å². The van der Waals surface area contributed by atoms with Gasteiger partial charge in [-0.25, -0.2) is 4.39 Å². The molecule has 0 radical (unpaired) electrons. The Bertz CT molecular complexity index is 580. The molecule has 1 aromatic rings. The molecule has 1 aromatic carbocycles. The lowest BCUT2D eigenvalue weighted by molar-refractivity contribution is 0.0950. The maximum Gasteiger partial charge on any atom is 0.254 e. The van der Waals surface area contributed by atoms with Crippen LogP contribution in [0.4, 0.5) is 4.39 Å². The van der Waals surface area contributed by atoms with Gasteiger partial charge in [-0.15, -0.1) is 24.0 Å². The molecule has 0 aliphatic carbocycles. The molecule has 1 aliphatic heterocycles. The number of halogens is 2. The van der Waals surface area contributed by atoms with Gasteiger partial charge in [-0.1, -0.05) is 12.1 Å². The second-order valence-corrected chi connectivity index (χ2v) is 5.82. The Morgan fingerprint density at radius 2 is 2.08 bits per heavy atom. The molecule has 2 rings (SSSR count). The summed E-state index contributed by atoms with van der Waals surface area (Å²) in [6.45, 7) is 3.39. The highest BCUT2D eigenvalue weighted by atomic mass is 127. The fourth-order valence-corrected chi connectivity index (χ4v) is 2.68. The zero-order valence-corrected chi connectivity index (χ0v) is 17.0. The van der Waals surface area contributed by atoms with Crippen LogP contribution in [-0.4, -0.2) is 63.7 Å². The van der Waals surface area contributed by atoms with Gasteiger partial charge >= 0.3 is 0 Å². The third kappa shape index (κ3) is 6.77. The molecule has 1 amide bonds. The Hall–Kier alpha value is -1.42. The first-order chi connectivity index (χ1) is 11.6. The van der Waals surface area contributed by atoms with Crippen molar-refractivity contribution in [1.82, 2.24) is 15.5 Å². The van der Waals surface area contributed by atoms with Gasteiger partial charge in [0.25, 0.3) is 5.91 Å². The second kappa shape index (κ2) is 11.2. The number of rotatable bonds is 6. The SMILES string of the molecule is CN=C(NCCNC(=O)c1ccccc1F)N(C)CC1CCOC1.I. The third-order valence-electron chi connectivity index (χ3n) is 3.94. The molecule has 0 bridgehead atoms. The lowest BCUT2D eigenvalue weighted by atomic mass is 10.1. The minimum Gasteiger partial charge on any atom is -0.381 e. The molecular formula is C17H26FIN4O2. The van der Waals surface area contributed by atoms with Crippen molar-refractivity contribution in [3.05, 3.63) is 35.6 Å². The van der Waals surface area contributed by atoms with Crippen molar-refractivity contribution in [1.29, 1.82) is 0 Å². The highest BCUT2D eigenvalue weighted by molar-refractivity contribution is 14.0. The summed E-state index contributed by atoms with van der Waals surface area (Å²) in [5.41, 5.74) is 0.0558. The van der Waals surface area contributed by atoms with E-state index in [0.29, 0.717) is 19.0 Å². The van der Waals surface area contributed by atoms with Crippen molar-refractivity contribution >= 4 is 35.8 Å². The van der Waals surface area contributed by atoms with E-state index < -0.39 is 11.7 Å². The number of amides is 1. The van der Waals surface area contributed by atoms with Crippen LogP contribution >= 0.6 is 24.0 Å².